The van der Waals surface area contributed by atoms with Crippen molar-refractivity contribution in [2.45, 2.75) is 56.8 Å². The number of hydrogen-bond donors (Lipinski definition) is 1. The van der Waals surface area contributed by atoms with Gasteiger partial charge in [-0.25, -0.2) is 13.4 Å². The van der Waals surface area contributed by atoms with Crippen molar-refractivity contribution in [2.24, 2.45) is 5.41 Å². The standard InChI is InChI=1S/C23H26N2O4S/c1-2-30(28,29)17-7-5-16(6-8-17)15-21(26)25-20-10-9-18-19(24-20)11-14-23(22(18)27)12-3-4-13-23/h5-10H,2-4,11-15H2,1H3,(H,24,25,26). The van der Waals surface area contributed by atoms with Gasteiger partial charge in [-0.2, -0.15) is 0 Å². The van der Waals surface area contributed by atoms with Crippen LogP contribution in [0.1, 0.15) is 60.6 Å². The molecule has 0 saturated heterocycles. The highest BCUT2D eigenvalue weighted by molar-refractivity contribution is 7.91. The highest BCUT2D eigenvalue weighted by atomic mass is 32.2. The summed E-state index contributed by atoms with van der Waals surface area (Å²) in [6.07, 6.45) is 5.91. The summed E-state index contributed by atoms with van der Waals surface area (Å²) in [5, 5.41) is 2.79. The van der Waals surface area contributed by atoms with E-state index in [4.69, 9.17) is 0 Å². The number of benzene rings is 1. The Kier molecular flexibility index (Phi) is 5.49. The lowest BCUT2D eigenvalue weighted by Crippen LogP contribution is -2.34. The smallest absolute Gasteiger partial charge is 0.229 e. The Labute approximate surface area is 177 Å². The molecule has 1 spiro atoms. The van der Waals surface area contributed by atoms with Crippen LogP contribution < -0.4 is 5.32 Å². The lowest BCUT2D eigenvalue weighted by atomic mass is 9.70. The SMILES string of the molecule is CCS(=O)(=O)c1ccc(CC(=O)Nc2ccc3c(n2)CCC2(CCCC2)C3=O)cc1. The van der Waals surface area contributed by atoms with Gasteiger partial charge in [-0.1, -0.05) is 31.9 Å². The van der Waals surface area contributed by atoms with Gasteiger partial charge in [0.05, 0.1) is 22.8 Å². The Balaban J connectivity index is 1.43. The van der Waals surface area contributed by atoms with Crippen LogP contribution in [-0.4, -0.2) is 30.8 Å². The predicted molar refractivity (Wildman–Crippen MR) is 114 cm³/mol. The minimum absolute atomic E-state index is 0.0421. The van der Waals surface area contributed by atoms with Crippen molar-refractivity contribution < 1.29 is 18.0 Å². The number of nitrogens with one attached hydrogen (secondary N) is 1. The molecule has 158 valence electrons. The normalized spacial score (nSPS) is 17.7. The van der Waals surface area contributed by atoms with Gasteiger partial charge in [-0.3, -0.25) is 9.59 Å². The second kappa shape index (κ2) is 7.95. The highest BCUT2D eigenvalue weighted by Gasteiger charge is 2.44. The maximum Gasteiger partial charge on any atom is 0.229 e. The fourth-order valence-electron chi connectivity index (χ4n) is 4.61. The molecule has 6 nitrogen and oxygen atoms in total. The summed E-state index contributed by atoms with van der Waals surface area (Å²) in [7, 11) is -3.25. The molecule has 0 radical (unpaired) electrons. The van der Waals surface area contributed by atoms with E-state index in [0.29, 0.717) is 11.4 Å². The van der Waals surface area contributed by atoms with Gasteiger partial charge in [0.25, 0.3) is 0 Å². The Morgan fingerprint density at radius 1 is 1.07 bits per heavy atom. The number of anilines is 1. The number of sulfone groups is 1. The number of carbonyl (C=O) groups excluding carboxylic acids is 2. The molecular weight excluding hydrogens is 400 g/mol. The molecule has 4 rings (SSSR count). The predicted octanol–water partition coefficient (Wildman–Crippen LogP) is 3.75. The van der Waals surface area contributed by atoms with Crippen molar-refractivity contribution >= 4 is 27.3 Å². The number of fused-ring (bicyclic) bond motifs is 1. The first-order valence-electron chi connectivity index (χ1n) is 10.5. The number of aromatic nitrogens is 1. The van der Waals surface area contributed by atoms with Gasteiger partial charge in [0.15, 0.2) is 15.6 Å². The molecule has 2 aromatic rings. The second-order valence-electron chi connectivity index (χ2n) is 8.28. The van der Waals surface area contributed by atoms with Gasteiger partial charge < -0.3 is 5.32 Å². The zero-order chi connectivity index (χ0) is 21.4. The fourth-order valence-corrected chi connectivity index (χ4v) is 5.49. The van der Waals surface area contributed by atoms with Crippen molar-refractivity contribution in [3.63, 3.8) is 0 Å². The first kappa shape index (κ1) is 20.7. The number of aryl methyl sites for hydroxylation is 1. The number of rotatable bonds is 5. The van der Waals surface area contributed by atoms with E-state index >= 15 is 0 Å². The topological polar surface area (TPSA) is 93.2 Å². The van der Waals surface area contributed by atoms with Crippen LogP contribution in [0.5, 0.6) is 0 Å². The molecule has 1 fully saturated rings. The molecule has 0 bridgehead atoms. The molecule has 0 aliphatic heterocycles. The number of nitrogens with zero attached hydrogens (tertiary/aromatic N) is 1. The Hall–Kier alpha value is -2.54. The van der Waals surface area contributed by atoms with Gasteiger partial charge in [0, 0.05) is 11.0 Å². The Bertz CT molecular complexity index is 1080. The fraction of sp³-hybridized carbons (Fsp3) is 0.435. The zero-order valence-corrected chi connectivity index (χ0v) is 17.9. The number of ketones is 1. The molecule has 1 amide bonds. The Morgan fingerprint density at radius 3 is 2.43 bits per heavy atom. The highest BCUT2D eigenvalue weighted by Crippen LogP contribution is 2.47. The van der Waals surface area contributed by atoms with Crippen molar-refractivity contribution in [3.05, 3.63) is 53.2 Å². The summed E-state index contributed by atoms with van der Waals surface area (Å²) >= 11 is 0. The van der Waals surface area contributed by atoms with E-state index in [1.165, 1.54) is 12.1 Å². The molecular formula is C23H26N2O4S. The van der Waals surface area contributed by atoms with Crippen LogP contribution in [0.4, 0.5) is 5.82 Å². The third kappa shape index (κ3) is 3.90. The average molecular weight is 427 g/mol. The maximum absolute atomic E-state index is 13.0. The molecule has 1 heterocycles. The molecule has 0 unspecified atom stereocenters. The van der Waals surface area contributed by atoms with Gasteiger partial charge in [0.1, 0.15) is 5.82 Å². The third-order valence-electron chi connectivity index (χ3n) is 6.40. The van der Waals surface area contributed by atoms with Crippen molar-refractivity contribution in [3.8, 4) is 0 Å². The molecule has 1 saturated carbocycles. The monoisotopic (exact) mass is 426 g/mol. The van der Waals surface area contributed by atoms with Crippen LogP contribution in [-0.2, 0) is 27.5 Å². The van der Waals surface area contributed by atoms with Gasteiger partial charge in [0.2, 0.25) is 5.91 Å². The van der Waals surface area contributed by atoms with Crippen LogP contribution in [0.2, 0.25) is 0 Å². The number of amides is 1. The van der Waals surface area contributed by atoms with Crippen molar-refractivity contribution in [2.75, 3.05) is 11.1 Å². The van der Waals surface area contributed by atoms with Crippen LogP contribution in [0.15, 0.2) is 41.3 Å². The molecule has 2 aliphatic rings. The summed E-state index contributed by atoms with van der Waals surface area (Å²) in [6, 6.07) is 9.86. The average Bonchev–Trinajstić information content (AvgIpc) is 3.21. The van der Waals surface area contributed by atoms with E-state index in [2.05, 4.69) is 10.3 Å². The van der Waals surface area contributed by atoms with E-state index in [9.17, 15) is 18.0 Å². The van der Waals surface area contributed by atoms with Gasteiger partial charge >= 0.3 is 0 Å². The van der Waals surface area contributed by atoms with Gasteiger partial charge in [-0.05, 0) is 55.5 Å². The molecule has 30 heavy (non-hydrogen) atoms. The maximum atomic E-state index is 13.0. The summed E-state index contributed by atoms with van der Waals surface area (Å²) in [6.45, 7) is 1.60. The first-order valence-corrected chi connectivity index (χ1v) is 12.1. The molecule has 1 N–H and O–H groups in total. The second-order valence-corrected chi connectivity index (χ2v) is 10.6. The minimum atomic E-state index is -3.25. The quantitative estimate of drug-likeness (QED) is 0.786. The largest absolute Gasteiger partial charge is 0.310 e. The first-order chi connectivity index (χ1) is 14.3. The van der Waals surface area contributed by atoms with E-state index < -0.39 is 9.84 Å². The van der Waals surface area contributed by atoms with E-state index in [-0.39, 0.29) is 34.2 Å². The number of carbonyl (C=O) groups is 2. The van der Waals surface area contributed by atoms with E-state index in [1.807, 2.05) is 0 Å². The lowest BCUT2D eigenvalue weighted by molar-refractivity contribution is -0.115. The molecule has 1 aromatic carbocycles. The lowest BCUT2D eigenvalue weighted by Gasteiger charge is -2.32. The third-order valence-corrected chi connectivity index (χ3v) is 8.15. The molecule has 7 heteroatoms. The number of Topliss-reactive ketones (excluding diaryl/α,β-unsaturated/α-hetero) is 1. The number of pyridine rings is 1. The summed E-state index contributed by atoms with van der Waals surface area (Å²) in [4.78, 5) is 30.2. The van der Waals surface area contributed by atoms with Crippen LogP contribution in [0.3, 0.4) is 0 Å². The van der Waals surface area contributed by atoms with Crippen LogP contribution in [0, 0.1) is 5.41 Å². The zero-order valence-electron chi connectivity index (χ0n) is 17.1. The van der Waals surface area contributed by atoms with E-state index in [1.54, 1.807) is 31.2 Å². The summed E-state index contributed by atoms with van der Waals surface area (Å²) in [5.74, 6) is 0.469. The molecule has 2 aliphatic carbocycles. The number of hydrogen-bond acceptors (Lipinski definition) is 5. The van der Waals surface area contributed by atoms with Crippen molar-refractivity contribution in [1.82, 2.24) is 4.98 Å². The van der Waals surface area contributed by atoms with Crippen LogP contribution in [0.25, 0.3) is 0 Å². The molecule has 1 aromatic heterocycles. The van der Waals surface area contributed by atoms with Crippen molar-refractivity contribution in [1.29, 1.82) is 0 Å². The summed E-state index contributed by atoms with van der Waals surface area (Å²) < 4.78 is 23.8. The molecule has 0 atom stereocenters. The summed E-state index contributed by atoms with van der Waals surface area (Å²) in [5.41, 5.74) is 2.01. The van der Waals surface area contributed by atoms with E-state index in [0.717, 1.165) is 49.8 Å². The van der Waals surface area contributed by atoms with Gasteiger partial charge in [-0.15, -0.1) is 0 Å². The minimum Gasteiger partial charge on any atom is -0.310 e. The van der Waals surface area contributed by atoms with Crippen LogP contribution >= 0.6 is 0 Å². The Morgan fingerprint density at radius 2 is 1.77 bits per heavy atom.